The number of rotatable bonds is 4. The van der Waals surface area contributed by atoms with Crippen LogP contribution in [0, 0.1) is 12.3 Å². The van der Waals surface area contributed by atoms with E-state index in [-0.39, 0.29) is 16.9 Å². The summed E-state index contributed by atoms with van der Waals surface area (Å²) in [6.45, 7) is 3.63. The normalized spacial score (nSPS) is 11.6. The van der Waals surface area contributed by atoms with Crippen molar-refractivity contribution in [2.24, 2.45) is 5.10 Å². The molecule has 0 spiro atoms. The molecule has 2 heterocycles. The Morgan fingerprint density at radius 3 is 2.73 bits per heavy atom. The monoisotopic (exact) mass is 401 g/mol. The molecule has 0 unspecified atom stereocenters. The molecule has 0 aliphatic rings. The summed E-state index contributed by atoms with van der Waals surface area (Å²) < 4.78 is 5.34. The average Bonchev–Trinajstić information content (AvgIpc) is 3.13. The van der Waals surface area contributed by atoms with Crippen LogP contribution in [-0.4, -0.2) is 26.7 Å². The summed E-state index contributed by atoms with van der Waals surface area (Å²) in [5, 5.41) is 22.2. The van der Waals surface area contributed by atoms with Crippen molar-refractivity contribution in [3.63, 3.8) is 0 Å². The number of fused-ring (bicyclic) bond motifs is 1. The third-order valence-corrected chi connectivity index (χ3v) is 4.60. The van der Waals surface area contributed by atoms with E-state index < -0.39 is 5.91 Å². The fourth-order valence-corrected chi connectivity index (χ4v) is 3.08. The number of aromatic amines is 1. The van der Waals surface area contributed by atoms with Crippen molar-refractivity contribution in [2.75, 3.05) is 0 Å². The van der Waals surface area contributed by atoms with Gasteiger partial charge >= 0.3 is 0 Å². The van der Waals surface area contributed by atoms with Crippen molar-refractivity contribution in [2.45, 2.75) is 13.8 Å². The third kappa shape index (κ3) is 3.70. The molecule has 150 valence electrons. The number of carbonyl (C=O) groups excluding carboxylic acids is 1. The van der Waals surface area contributed by atoms with Crippen molar-refractivity contribution < 1.29 is 14.3 Å². The number of carbonyl (C=O) groups is 1. The topological polar surface area (TPSA) is 127 Å². The van der Waals surface area contributed by atoms with Crippen LogP contribution in [-0.2, 0) is 0 Å². The maximum absolute atomic E-state index is 12.5. The molecule has 0 saturated heterocycles. The molecule has 8 nitrogen and oxygen atoms in total. The number of H-pyrrole nitrogens is 1. The van der Waals surface area contributed by atoms with E-state index in [4.69, 9.17) is 9.83 Å². The molecule has 4 aromatic rings. The molecule has 0 aliphatic carbocycles. The van der Waals surface area contributed by atoms with E-state index in [0.717, 1.165) is 11.3 Å². The van der Waals surface area contributed by atoms with Gasteiger partial charge in [-0.2, -0.15) is 5.10 Å². The molecule has 0 fully saturated rings. The lowest BCUT2D eigenvalue weighted by molar-refractivity contribution is 0.0950. The molecule has 2 aromatic heterocycles. The number of benzene rings is 2. The highest BCUT2D eigenvalue weighted by molar-refractivity contribution is 6.01. The lowest BCUT2D eigenvalue weighted by Gasteiger charge is -2.04. The number of hydrogen-bond donors (Lipinski definition) is 4. The number of nitrogens with zero attached hydrogens (tertiary/aromatic N) is 2. The van der Waals surface area contributed by atoms with Crippen LogP contribution in [0.4, 0.5) is 0 Å². The number of hydrogen-bond acceptors (Lipinski definition) is 6. The largest absolute Gasteiger partial charge is 0.508 e. The summed E-state index contributed by atoms with van der Waals surface area (Å²) in [7, 11) is 0. The lowest BCUT2D eigenvalue weighted by atomic mass is 10.1. The SMILES string of the molecule is C/C(=N\NC(=O)c1cc2ccc(O)cc2oc1=N)c1nc(-c2ccccc2)[nH]c1C. The van der Waals surface area contributed by atoms with Gasteiger partial charge in [-0.25, -0.2) is 10.4 Å². The molecule has 4 N–H and O–H groups in total. The first kappa shape index (κ1) is 19.1. The standard InChI is InChI=1S/C22H19N5O3/c1-12-19(25-21(24-12)14-6-4-3-5-7-14)13(2)26-27-22(29)17-10-15-8-9-16(28)11-18(15)30-20(17)23/h3-11,23,28H,1-2H3,(H,24,25)(H,27,29)/b23-20?,26-13+. The van der Waals surface area contributed by atoms with E-state index in [1.807, 2.05) is 37.3 Å². The Hall–Kier alpha value is -4.20. The van der Waals surface area contributed by atoms with Crippen LogP contribution in [0.1, 0.15) is 28.7 Å². The van der Waals surface area contributed by atoms with Crippen molar-refractivity contribution >= 4 is 22.6 Å². The van der Waals surface area contributed by atoms with Gasteiger partial charge in [0, 0.05) is 22.7 Å². The number of imidazole rings is 1. The van der Waals surface area contributed by atoms with Gasteiger partial charge in [0.25, 0.3) is 5.91 Å². The van der Waals surface area contributed by atoms with Crippen molar-refractivity contribution in [3.05, 3.63) is 77.1 Å². The fourth-order valence-electron chi connectivity index (χ4n) is 3.08. The number of phenolic OH excluding ortho intramolecular Hbond substituents is 1. The number of aromatic nitrogens is 2. The van der Waals surface area contributed by atoms with E-state index in [9.17, 15) is 9.90 Å². The lowest BCUT2D eigenvalue weighted by Crippen LogP contribution is -2.25. The summed E-state index contributed by atoms with van der Waals surface area (Å²) in [5.74, 6) is 0.163. The molecule has 0 atom stereocenters. The highest BCUT2D eigenvalue weighted by Gasteiger charge is 2.14. The smallest absolute Gasteiger partial charge is 0.276 e. The van der Waals surface area contributed by atoms with Crippen LogP contribution < -0.4 is 11.0 Å². The number of hydrazone groups is 1. The van der Waals surface area contributed by atoms with Crippen LogP contribution >= 0.6 is 0 Å². The van der Waals surface area contributed by atoms with Crippen molar-refractivity contribution in [1.82, 2.24) is 15.4 Å². The molecule has 2 aromatic carbocycles. The molecule has 4 rings (SSSR count). The summed E-state index contributed by atoms with van der Waals surface area (Å²) in [5.41, 5.74) is 5.42. The van der Waals surface area contributed by atoms with E-state index in [1.165, 1.54) is 18.2 Å². The number of aromatic hydroxyl groups is 1. The summed E-state index contributed by atoms with van der Waals surface area (Å²) in [6, 6.07) is 15.7. The first-order valence-electron chi connectivity index (χ1n) is 9.21. The molecular formula is C22H19N5O3. The first-order chi connectivity index (χ1) is 14.4. The number of amides is 1. The van der Waals surface area contributed by atoms with Gasteiger partial charge in [-0.05, 0) is 32.0 Å². The molecule has 1 amide bonds. The second-order valence-electron chi connectivity index (χ2n) is 6.77. The zero-order chi connectivity index (χ0) is 21.3. The van der Waals surface area contributed by atoms with Crippen LogP contribution in [0.2, 0.25) is 0 Å². The average molecular weight is 401 g/mol. The van der Waals surface area contributed by atoms with E-state index in [0.29, 0.717) is 28.2 Å². The minimum absolute atomic E-state index is 0.0207. The summed E-state index contributed by atoms with van der Waals surface area (Å²) in [4.78, 5) is 20.4. The van der Waals surface area contributed by atoms with Crippen molar-refractivity contribution in [3.8, 4) is 17.1 Å². The van der Waals surface area contributed by atoms with Gasteiger partial charge in [-0.3, -0.25) is 10.2 Å². The number of phenols is 1. The zero-order valence-corrected chi connectivity index (χ0v) is 16.4. The predicted molar refractivity (Wildman–Crippen MR) is 112 cm³/mol. The van der Waals surface area contributed by atoms with Gasteiger partial charge < -0.3 is 14.5 Å². The van der Waals surface area contributed by atoms with Gasteiger partial charge in [0.15, 0.2) is 0 Å². The Bertz CT molecular complexity index is 1340. The van der Waals surface area contributed by atoms with Gasteiger partial charge in [0.1, 0.15) is 28.4 Å². The Kier molecular flexibility index (Phi) is 4.89. The van der Waals surface area contributed by atoms with Gasteiger partial charge in [-0.15, -0.1) is 0 Å². The number of aryl methyl sites for hydroxylation is 1. The highest BCUT2D eigenvalue weighted by Crippen LogP contribution is 2.20. The molecular weight excluding hydrogens is 382 g/mol. The highest BCUT2D eigenvalue weighted by atomic mass is 16.3. The number of nitrogens with one attached hydrogen (secondary N) is 3. The van der Waals surface area contributed by atoms with Crippen LogP contribution in [0.3, 0.4) is 0 Å². The van der Waals surface area contributed by atoms with Gasteiger partial charge in [0.05, 0.1) is 5.71 Å². The molecule has 0 saturated carbocycles. The zero-order valence-electron chi connectivity index (χ0n) is 16.4. The Morgan fingerprint density at radius 2 is 1.97 bits per heavy atom. The maximum Gasteiger partial charge on any atom is 0.276 e. The minimum atomic E-state index is -0.574. The van der Waals surface area contributed by atoms with Crippen LogP contribution in [0.15, 0.2) is 64.1 Å². The van der Waals surface area contributed by atoms with Crippen LogP contribution in [0.5, 0.6) is 5.75 Å². The fraction of sp³-hybridized carbons (Fsp3) is 0.0909. The first-order valence-corrected chi connectivity index (χ1v) is 9.21. The van der Waals surface area contributed by atoms with Gasteiger partial charge in [0.2, 0.25) is 5.55 Å². The Labute approximate surface area is 171 Å². The molecule has 0 aliphatic heterocycles. The second-order valence-corrected chi connectivity index (χ2v) is 6.77. The van der Waals surface area contributed by atoms with Gasteiger partial charge in [-0.1, -0.05) is 30.3 Å². The van der Waals surface area contributed by atoms with Crippen molar-refractivity contribution in [1.29, 1.82) is 5.41 Å². The quantitative estimate of drug-likeness (QED) is 0.308. The third-order valence-electron chi connectivity index (χ3n) is 4.60. The molecule has 8 heteroatoms. The second kappa shape index (κ2) is 7.67. The Morgan fingerprint density at radius 1 is 1.20 bits per heavy atom. The molecule has 0 radical (unpaired) electrons. The Balaban J connectivity index is 1.58. The van der Waals surface area contributed by atoms with E-state index in [1.54, 1.807) is 13.0 Å². The minimum Gasteiger partial charge on any atom is -0.508 e. The predicted octanol–water partition coefficient (Wildman–Crippen LogP) is 3.47. The molecule has 30 heavy (non-hydrogen) atoms. The van der Waals surface area contributed by atoms with E-state index >= 15 is 0 Å². The molecule has 0 bridgehead atoms. The van der Waals surface area contributed by atoms with E-state index in [2.05, 4.69) is 20.5 Å². The summed E-state index contributed by atoms with van der Waals surface area (Å²) >= 11 is 0. The summed E-state index contributed by atoms with van der Waals surface area (Å²) in [6.07, 6.45) is 0. The maximum atomic E-state index is 12.5. The van der Waals surface area contributed by atoms with Crippen LogP contribution in [0.25, 0.3) is 22.4 Å².